The van der Waals surface area contributed by atoms with Crippen LogP contribution in [0.3, 0.4) is 0 Å². The van der Waals surface area contributed by atoms with Gasteiger partial charge in [-0.3, -0.25) is 19.5 Å². The molecule has 44 heavy (non-hydrogen) atoms. The number of alkyl halides is 3. The van der Waals surface area contributed by atoms with Crippen LogP contribution in [0.4, 0.5) is 13.2 Å². The van der Waals surface area contributed by atoms with E-state index >= 15 is 0 Å². The molecular weight excluding hydrogens is 571 g/mol. The molecule has 0 radical (unpaired) electrons. The number of hydrogen-bond donors (Lipinski definition) is 2. The molecule has 4 aromatic rings. The number of aromatic nitrogens is 3. The van der Waals surface area contributed by atoms with E-state index in [0.717, 1.165) is 32.5 Å². The molecule has 1 aliphatic carbocycles. The molecule has 8 nitrogen and oxygen atoms in total. The van der Waals surface area contributed by atoms with E-state index in [1.54, 1.807) is 11.1 Å². The minimum absolute atomic E-state index is 0.0224. The van der Waals surface area contributed by atoms with E-state index in [-0.39, 0.29) is 36.3 Å². The van der Waals surface area contributed by atoms with Gasteiger partial charge in [0, 0.05) is 54.0 Å². The van der Waals surface area contributed by atoms with Crippen LogP contribution < -0.4 is 5.56 Å². The molecule has 2 aromatic heterocycles. The van der Waals surface area contributed by atoms with Gasteiger partial charge in [-0.15, -0.1) is 0 Å². The number of nitrogens with one attached hydrogen (secondary N) is 2. The van der Waals surface area contributed by atoms with Gasteiger partial charge in [0.05, 0.1) is 17.1 Å². The average molecular weight is 604 g/mol. The largest absolute Gasteiger partial charge is 0.406 e. The van der Waals surface area contributed by atoms with E-state index in [9.17, 15) is 27.6 Å². The van der Waals surface area contributed by atoms with Gasteiger partial charge in [-0.1, -0.05) is 24.8 Å². The number of H-pyrrole nitrogens is 2. The molecule has 0 spiro atoms. The normalized spacial score (nSPS) is 22.2. The summed E-state index contributed by atoms with van der Waals surface area (Å²) in [5.74, 6) is -1.27. The summed E-state index contributed by atoms with van der Waals surface area (Å²) in [5.41, 5.74) is 3.75. The summed E-state index contributed by atoms with van der Waals surface area (Å²) < 4.78 is 41.2. The van der Waals surface area contributed by atoms with Gasteiger partial charge in [0.1, 0.15) is 6.54 Å². The third-order valence-corrected chi connectivity index (χ3v) is 9.76. The number of halogens is 3. The first kappa shape index (κ1) is 28.4. The number of para-hydroxylation sites is 1. The first-order chi connectivity index (χ1) is 20.9. The summed E-state index contributed by atoms with van der Waals surface area (Å²) in [5, 5.41) is 8.69. The number of piperidine rings is 1. The summed E-state index contributed by atoms with van der Waals surface area (Å²) in [4.78, 5) is 46.0. The number of nitrogens with zero attached hydrogens (tertiary/aromatic N) is 3. The Kier molecular flexibility index (Phi) is 6.49. The van der Waals surface area contributed by atoms with E-state index < -0.39 is 24.0 Å². The van der Waals surface area contributed by atoms with Crippen LogP contribution >= 0.6 is 0 Å². The molecule has 1 saturated heterocycles. The molecule has 2 aromatic carbocycles. The molecule has 1 saturated carbocycles. The van der Waals surface area contributed by atoms with Crippen molar-refractivity contribution in [3.63, 3.8) is 0 Å². The monoisotopic (exact) mass is 603 g/mol. The van der Waals surface area contributed by atoms with Crippen molar-refractivity contribution in [1.82, 2.24) is 25.0 Å². The van der Waals surface area contributed by atoms with Gasteiger partial charge < -0.3 is 14.8 Å². The SMILES string of the molecule is C=C(C)c1cc2c(c3cn[nH]c13)CN(CC(F)(F)F)C(=O)C1(CC(=O)N3CCC(c4cc5ccccc5[nH]c4=O)CC3)C[C@H]21. The minimum Gasteiger partial charge on any atom is -0.343 e. The van der Waals surface area contributed by atoms with Crippen LogP contribution in [0.25, 0.3) is 27.4 Å². The predicted octanol–water partition coefficient (Wildman–Crippen LogP) is 5.61. The second kappa shape index (κ2) is 10.1. The van der Waals surface area contributed by atoms with Gasteiger partial charge in [-0.25, -0.2) is 0 Å². The maximum Gasteiger partial charge on any atom is 0.406 e. The van der Waals surface area contributed by atoms with Crippen LogP contribution in [0.5, 0.6) is 0 Å². The van der Waals surface area contributed by atoms with Crippen LogP contribution in [0.2, 0.25) is 0 Å². The molecule has 2 N–H and O–H groups in total. The lowest BCUT2D eigenvalue weighted by molar-refractivity contribution is -0.166. The summed E-state index contributed by atoms with van der Waals surface area (Å²) in [7, 11) is 0. The van der Waals surface area contributed by atoms with Gasteiger partial charge in [-0.2, -0.15) is 18.3 Å². The third-order valence-electron chi connectivity index (χ3n) is 9.76. The smallest absolute Gasteiger partial charge is 0.343 e. The molecule has 2 atom stereocenters. The van der Waals surface area contributed by atoms with Crippen molar-refractivity contribution < 1.29 is 22.8 Å². The van der Waals surface area contributed by atoms with Gasteiger partial charge in [-0.05, 0) is 72.4 Å². The maximum atomic E-state index is 13.9. The molecule has 11 heteroatoms. The van der Waals surface area contributed by atoms with Crippen molar-refractivity contribution in [2.45, 2.75) is 57.2 Å². The molecule has 1 unspecified atom stereocenters. The quantitative estimate of drug-likeness (QED) is 0.310. The molecule has 7 rings (SSSR count). The number of carbonyl (C=O) groups is 2. The average Bonchev–Trinajstić information content (AvgIpc) is 3.50. The fourth-order valence-corrected chi connectivity index (χ4v) is 7.45. The zero-order chi connectivity index (χ0) is 31.0. The highest BCUT2D eigenvalue weighted by Crippen LogP contribution is 2.65. The Morgan fingerprint density at radius 3 is 2.61 bits per heavy atom. The van der Waals surface area contributed by atoms with Crippen molar-refractivity contribution >= 4 is 39.2 Å². The number of aromatic amines is 2. The topological polar surface area (TPSA) is 102 Å². The first-order valence-electron chi connectivity index (χ1n) is 14.9. The summed E-state index contributed by atoms with van der Waals surface area (Å²) in [6.45, 7) is 5.12. The van der Waals surface area contributed by atoms with Crippen molar-refractivity contribution in [2.75, 3.05) is 19.6 Å². The second-order valence-corrected chi connectivity index (χ2v) is 12.6. The van der Waals surface area contributed by atoms with Crippen LogP contribution in [0.1, 0.15) is 66.7 Å². The maximum absolute atomic E-state index is 13.9. The fraction of sp³-hybridized carbons (Fsp3) is 0.394. The highest BCUT2D eigenvalue weighted by atomic mass is 19.4. The molecule has 0 bridgehead atoms. The van der Waals surface area contributed by atoms with Gasteiger partial charge in [0.15, 0.2) is 0 Å². The Bertz CT molecular complexity index is 1900. The molecule has 228 valence electrons. The zero-order valence-corrected chi connectivity index (χ0v) is 24.3. The van der Waals surface area contributed by atoms with E-state index in [2.05, 4.69) is 21.8 Å². The lowest BCUT2D eigenvalue weighted by atomic mass is 9.88. The van der Waals surface area contributed by atoms with E-state index in [4.69, 9.17) is 0 Å². The highest BCUT2D eigenvalue weighted by molar-refractivity contribution is 5.98. The van der Waals surface area contributed by atoms with Crippen molar-refractivity contribution in [2.24, 2.45) is 5.41 Å². The number of likely N-dealkylation sites (tertiary alicyclic amines) is 1. The first-order valence-corrected chi connectivity index (χ1v) is 14.9. The standard InChI is InChI=1S/C33H32F3N5O3/c1-18(2)21-12-23-25(24-15-37-39-29(21)24)16-41(17-33(34,35)36)31(44)32(13-26(23)32)14-28(42)40-9-7-19(8-10-40)22-11-20-5-3-4-6-27(20)38-30(22)43/h3-6,11-12,15,19,26H,1,7-10,13-14,16-17H2,2H3,(H,37,39)(H,38,43)/t26-,32?/m1/s1. The molecular formula is C33H32F3N5O3. The van der Waals surface area contributed by atoms with E-state index in [1.807, 2.05) is 43.3 Å². The number of hydrogen-bond acceptors (Lipinski definition) is 4. The van der Waals surface area contributed by atoms with Crippen molar-refractivity contribution in [3.8, 4) is 0 Å². The Labute approximate surface area is 250 Å². The predicted molar refractivity (Wildman–Crippen MR) is 160 cm³/mol. The fourth-order valence-electron chi connectivity index (χ4n) is 7.45. The Morgan fingerprint density at radius 1 is 1.14 bits per heavy atom. The number of pyridine rings is 1. The van der Waals surface area contributed by atoms with Gasteiger partial charge >= 0.3 is 6.18 Å². The number of fused-ring (bicyclic) bond motifs is 6. The minimum atomic E-state index is -4.59. The lowest BCUT2D eigenvalue weighted by Gasteiger charge is -2.33. The van der Waals surface area contributed by atoms with Gasteiger partial charge in [0.25, 0.3) is 5.56 Å². The summed E-state index contributed by atoms with van der Waals surface area (Å²) in [6.07, 6.45) is -1.69. The summed E-state index contributed by atoms with van der Waals surface area (Å²) >= 11 is 0. The van der Waals surface area contributed by atoms with Crippen molar-refractivity contribution in [3.05, 3.63) is 81.8 Å². The summed E-state index contributed by atoms with van der Waals surface area (Å²) in [6, 6.07) is 11.4. The van der Waals surface area contributed by atoms with Crippen LogP contribution in [-0.2, 0) is 16.1 Å². The number of carbonyl (C=O) groups excluding carboxylic acids is 2. The molecule has 2 fully saturated rings. The molecule has 2 aliphatic heterocycles. The van der Waals surface area contributed by atoms with Crippen LogP contribution in [0.15, 0.2) is 54.0 Å². The van der Waals surface area contributed by atoms with Crippen molar-refractivity contribution in [1.29, 1.82) is 0 Å². The number of benzene rings is 2. The van der Waals surface area contributed by atoms with Crippen LogP contribution in [0, 0.1) is 5.41 Å². The molecule has 4 heterocycles. The van der Waals surface area contributed by atoms with Crippen LogP contribution in [-0.4, -0.2) is 62.6 Å². The molecule has 2 amide bonds. The highest BCUT2D eigenvalue weighted by Gasteiger charge is 2.65. The Hall–Kier alpha value is -4.41. The lowest BCUT2D eigenvalue weighted by Crippen LogP contribution is -2.45. The van der Waals surface area contributed by atoms with Gasteiger partial charge in [0.2, 0.25) is 11.8 Å². The second-order valence-electron chi connectivity index (χ2n) is 12.6. The molecule has 3 aliphatic rings. The zero-order valence-electron chi connectivity index (χ0n) is 24.3. The number of allylic oxidation sites excluding steroid dienone is 1. The number of rotatable bonds is 5. The van der Waals surface area contributed by atoms with E-state index in [1.165, 1.54) is 0 Å². The Balaban J connectivity index is 1.15. The number of amides is 2. The Morgan fingerprint density at radius 2 is 1.89 bits per heavy atom. The third kappa shape index (κ3) is 4.69. The van der Waals surface area contributed by atoms with E-state index in [0.29, 0.717) is 54.4 Å².